The fraction of sp³-hybridized carbons (Fsp3) is 0.600. The van der Waals surface area contributed by atoms with Crippen molar-refractivity contribution in [2.24, 2.45) is 4.99 Å². The fourth-order valence-electron chi connectivity index (χ4n) is 2.33. The van der Waals surface area contributed by atoms with Gasteiger partial charge in [0.1, 0.15) is 11.4 Å². The Labute approximate surface area is 186 Å². The molecular formula is C20H35IN4O3. The Bertz CT molecular complexity index is 625. The first-order valence-corrected chi connectivity index (χ1v) is 9.13. The number of hydrogen-bond acceptors (Lipinski definition) is 4. The molecule has 7 nitrogen and oxygen atoms in total. The van der Waals surface area contributed by atoms with E-state index < -0.39 is 11.7 Å². The third-order valence-corrected chi connectivity index (χ3v) is 3.88. The molecule has 0 aliphatic carbocycles. The third-order valence-electron chi connectivity index (χ3n) is 3.88. The van der Waals surface area contributed by atoms with Gasteiger partial charge < -0.3 is 25.4 Å². The van der Waals surface area contributed by atoms with Gasteiger partial charge in [0.25, 0.3) is 0 Å². The van der Waals surface area contributed by atoms with Crippen LogP contribution in [-0.2, 0) is 10.2 Å². The molecule has 160 valence electrons. The Morgan fingerprint density at radius 2 is 1.57 bits per heavy atom. The van der Waals surface area contributed by atoms with E-state index in [1.807, 2.05) is 32.9 Å². The van der Waals surface area contributed by atoms with Gasteiger partial charge in [-0.2, -0.15) is 0 Å². The van der Waals surface area contributed by atoms with Crippen molar-refractivity contribution in [1.82, 2.24) is 16.0 Å². The number of alkyl carbamates (subject to hydrolysis) is 1. The molecule has 0 aliphatic rings. The average Bonchev–Trinajstić information content (AvgIpc) is 2.59. The number of carbonyl (C=O) groups excluding carboxylic acids is 1. The summed E-state index contributed by atoms with van der Waals surface area (Å²) in [6, 6.07) is 8.07. The normalized spacial score (nSPS) is 11.9. The third kappa shape index (κ3) is 10.0. The van der Waals surface area contributed by atoms with Gasteiger partial charge in [-0.05, 0) is 38.5 Å². The van der Waals surface area contributed by atoms with Crippen molar-refractivity contribution in [2.45, 2.75) is 45.6 Å². The Kier molecular flexibility index (Phi) is 11.2. The zero-order chi connectivity index (χ0) is 20.5. The first-order chi connectivity index (χ1) is 12.6. The molecule has 0 bridgehead atoms. The highest BCUT2D eigenvalue weighted by Crippen LogP contribution is 2.24. The van der Waals surface area contributed by atoms with E-state index in [9.17, 15) is 4.79 Å². The van der Waals surface area contributed by atoms with E-state index in [1.165, 1.54) is 5.56 Å². The Morgan fingerprint density at radius 3 is 2.07 bits per heavy atom. The zero-order valence-electron chi connectivity index (χ0n) is 18.0. The molecule has 28 heavy (non-hydrogen) atoms. The van der Waals surface area contributed by atoms with Crippen LogP contribution in [0.4, 0.5) is 4.79 Å². The lowest BCUT2D eigenvalue weighted by Gasteiger charge is -2.27. The first-order valence-electron chi connectivity index (χ1n) is 9.13. The number of nitrogens with one attached hydrogen (secondary N) is 3. The van der Waals surface area contributed by atoms with Gasteiger partial charge in [-0.15, -0.1) is 24.0 Å². The van der Waals surface area contributed by atoms with Crippen LogP contribution in [0.2, 0.25) is 0 Å². The van der Waals surface area contributed by atoms with Crippen LogP contribution >= 0.6 is 24.0 Å². The van der Waals surface area contributed by atoms with E-state index in [1.54, 1.807) is 14.2 Å². The van der Waals surface area contributed by atoms with Crippen LogP contribution in [0.15, 0.2) is 29.3 Å². The van der Waals surface area contributed by atoms with E-state index in [0.29, 0.717) is 25.6 Å². The van der Waals surface area contributed by atoms with Crippen molar-refractivity contribution in [3.05, 3.63) is 29.8 Å². The molecule has 1 aromatic rings. The van der Waals surface area contributed by atoms with Crippen molar-refractivity contribution < 1.29 is 14.3 Å². The topological polar surface area (TPSA) is 84.0 Å². The van der Waals surface area contributed by atoms with E-state index >= 15 is 0 Å². The van der Waals surface area contributed by atoms with Gasteiger partial charge in [-0.1, -0.05) is 26.0 Å². The summed E-state index contributed by atoms with van der Waals surface area (Å²) in [6.07, 6.45) is -0.423. The quantitative estimate of drug-likeness (QED) is 0.229. The maximum atomic E-state index is 11.6. The highest BCUT2D eigenvalue weighted by Gasteiger charge is 2.21. The molecule has 0 radical (unpaired) electrons. The number of amides is 1. The van der Waals surface area contributed by atoms with E-state index in [0.717, 1.165) is 5.75 Å². The fourth-order valence-corrected chi connectivity index (χ4v) is 2.33. The molecule has 0 saturated heterocycles. The lowest BCUT2D eigenvalue weighted by Crippen LogP contribution is -2.45. The number of nitrogens with zero attached hydrogens (tertiary/aromatic N) is 1. The summed E-state index contributed by atoms with van der Waals surface area (Å²) in [4.78, 5) is 15.8. The van der Waals surface area contributed by atoms with Crippen molar-refractivity contribution >= 4 is 36.0 Å². The van der Waals surface area contributed by atoms with Crippen molar-refractivity contribution in [3.63, 3.8) is 0 Å². The molecular weight excluding hydrogens is 471 g/mol. The van der Waals surface area contributed by atoms with Crippen molar-refractivity contribution in [3.8, 4) is 5.75 Å². The predicted octanol–water partition coefficient (Wildman–Crippen LogP) is 3.28. The van der Waals surface area contributed by atoms with E-state index in [-0.39, 0.29) is 29.4 Å². The van der Waals surface area contributed by atoms with Crippen LogP contribution in [0.1, 0.15) is 40.2 Å². The van der Waals surface area contributed by atoms with Crippen LogP contribution in [0, 0.1) is 0 Å². The Hall–Kier alpha value is -1.71. The Balaban J connectivity index is 0.00000729. The van der Waals surface area contributed by atoms with Crippen LogP contribution in [0.5, 0.6) is 5.75 Å². The SMILES string of the molecule is CN=C(NCCNC(=O)OC(C)(C)C)NCC(C)(C)c1ccc(OC)cc1.I. The molecule has 0 saturated carbocycles. The number of aliphatic imine (C=N–C) groups is 1. The molecule has 0 heterocycles. The summed E-state index contributed by atoms with van der Waals surface area (Å²) in [7, 11) is 3.38. The molecule has 0 atom stereocenters. The number of carbonyl (C=O) groups is 1. The molecule has 3 N–H and O–H groups in total. The van der Waals surface area contributed by atoms with E-state index in [2.05, 4.69) is 46.9 Å². The van der Waals surface area contributed by atoms with Gasteiger partial charge in [-0.3, -0.25) is 4.99 Å². The maximum absolute atomic E-state index is 11.6. The largest absolute Gasteiger partial charge is 0.497 e. The predicted molar refractivity (Wildman–Crippen MR) is 125 cm³/mol. The minimum absolute atomic E-state index is 0. The van der Waals surface area contributed by atoms with Gasteiger partial charge in [0.05, 0.1) is 7.11 Å². The number of guanidine groups is 1. The highest BCUT2D eigenvalue weighted by atomic mass is 127. The maximum Gasteiger partial charge on any atom is 0.407 e. The number of ether oxygens (including phenoxy) is 2. The number of methoxy groups -OCH3 is 1. The number of halogens is 1. The summed E-state index contributed by atoms with van der Waals surface area (Å²) >= 11 is 0. The standard InChI is InChI=1S/C20H34N4O3.HI/c1-19(2,3)27-18(25)23-13-12-22-17(21-6)24-14-20(4,5)15-8-10-16(26-7)11-9-15;/h8-11H,12-14H2,1-7H3,(H,23,25)(H2,21,22,24);1H. The molecule has 0 fully saturated rings. The molecule has 0 spiro atoms. The summed E-state index contributed by atoms with van der Waals surface area (Å²) in [6.45, 7) is 11.5. The van der Waals surface area contributed by atoms with Crippen LogP contribution in [0.25, 0.3) is 0 Å². The molecule has 0 aliphatic heterocycles. The first kappa shape index (κ1) is 26.3. The summed E-state index contributed by atoms with van der Waals surface area (Å²) in [5.41, 5.74) is 0.624. The molecule has 1 aromatic carbocycles. The smallest absolute Gasteiger partial charge is 0.407 e. The summed E-state index contributed by atoms with van der Waals surface area (Å²) in [5.74, 6) is 1.53. The van der Waals surface area contributed by atoms with Gasteiger partial charge >= 0.3 is 6.09 Å². The van der Waals surface area contributed by atoms with Crippen LogP contribution in [0.3, 0.4) is 0 Å². The van der Waals surface area contributed by atoms with Gasteiger partial charge in [0.2, 0.25) is 0 Å². The molecule has 0 unspecified atom stereocenters. The second-order valence-electron chi connectivity index (χ2n) is 7.89. The molecule has 0 aromatic heterocycles. The van der Waals surface area contributed by atoms with Crippen molar-refractivity contribution in [2.75, 3.05) is 33.8 Å². The highest BCUT2D eigenvalue weighted by molar-refractivity contribution is 14.0. The molecule has 1 amide bonds. The van der Waals surface area contributed by atoms with Gasteiger partial charge in [0.15, 0.2) is 5.96 Å². The number of hydrogen-bond donors (Lipinski definition) is 3. The van der Waals surface area contributed by atoms with Gasteiger partial charge in [-0.25, -0.2) is 4.79 Å². The average molecular weight is 506 g/mol. The minimum atomic E-state index is -0.498. The lowest BCUT2D eigenvalue weighted by atomic mass is 9.84. The van der Waals surface area contributed by atoms with Crippen molar-refractivity contribution in [1.29, 1.82) is 0 Å². The van der Waals surface area contributed by atoms with Gasteiger partial charge in [0, 0.05) is 32.1 Å². The molecule has 1 rings (SSSR count). The van der Waals surface area contributed by atoms with Crippen LogP contribution in [-0.4, -0.2) is 51.4 Å². The second kappa shape index (κ2) is 12.0. The summed E-state index contributed by atoms with van der Waals surface area (Å²) < 4.78 is 10.4. The van der Waals surface area contributed by atoms with E-state index in [4.69, 9.17) is 9.47 Å². The van der Waals surface area contributed by atoms with Crippen LogP contribution < -0.4 is 20.7 Å². The Morgan fingerprint density at radius 1 is 1.00 bits per heavy atom. The minimum Gasteiger partial charge on any atom is -0.497 e. The number of benzene rings is 1. The monoisotopic (exact) mass is 506 g/mol. The number of rotatable bonds is 7. The summed E-state index contributed by atoms with van der Waals surface area (Å²) in [5, 5.41) is 9.21. The molecule has 8 heteroatoms. The lowest BCUT2D eigenvalue weighted by molar-refractivity contribution is 0.0529. The second-order valence-corrected chi connectivity index (χ2v) is 7.89. The zero-order valence-corrected chi connectivity index (χ0v) is 20.3.